The highest BCUT2D eigenvalue weighted by atomic mass is 35.5. The van der Waals surface area contributed by atoms with E-state index in [1.807, 2.05) is 18.2 Å². The molecule has 25 heavy (non-hydrogen) atoms. The molecule has 0 saturated carbocycles. The first-order valence-electron chi connectivity index (χ1n) is 8.15. The van der Waals surface area contributed by atoms with Crippen molar-refractivity contribution in [3.05, 3.63) is 53.1 Å². The second-order valence-electron chi connectivity index (χ2n) is 5.54. The van der Waals surface area contributed by atoms with Crippen LogP contribution in [-0.4, -0.2) is 30.0 Å². The summed E-state index contributed by atoms with van der Waals surface area (Å²) in [7, 11) is 3.58. The van der Waals surface area contributed by atoms with Gasteiger partial charge in [0, 0.05) is 30.1 Å². The van der Waals surface area contributed by atoms with Gasteiger partial charge in [-0.05, 0) is 30.2 Å². The molecular weight excluding hydrogens is 334 g/mol. The SMILES string of the molecule is CCc1ccc(-c2nc(N=C(NC)NC)nc3ccc(Cl)cc23)cc1. The zero-order valence-electron chi connectivity index (χ0n) is 14.5. The molecule has 0 radical (unpaired) electrons. The lowest BCUT2D eigenvalue weighted by Gasteiger charge is -2.09. The standard InChI is InChI=1S/C19H20ClN5/c1-4-12-5-7-13(8-6-12)17-15-11-14(20)9-10-16(15)23-19(24-17)25-18(21-2)22-3/h5-11H,4H2,1-3H3,(H2,21,22,23,24,25). The van der Waals surface area contributed by atoms with Crippen LogP contribution in [0, 0.1) is 0 Å². The molecule has 2 N–H and O–H groups in total. The molecule has 6 heteroatoms. The minimum atomic E-state index is 0.392. The lowest BCUT2D eigenvalue weighted by molar-refractivity contribution is 1.01. The molecule has 0 atom stereocenters. The summed E-state index contributed by atoms with van der Waals surface area (Å²) in [5.74, 6) is 0.990. The predicted octanol–water partition coefficient (Wildman–Crippen LogP) is 3.94. The number of nitrogens with one attached hydrogen (secondary N) is 2. The summed E-state index contributed by atoms with van der Waals surface area (Å²) in [6.07, 6.45) is 1.000. The average Bonchev–Trinajstić information content (AvgIpc) is 2.65. The molecule has 0 bridgehead atoms. The summed E-state index contributed by atoms with van der Waals surface area (Å²) in [4.78, 5) is 13.6. The van der Waals surface area contributed by atoms with Gasteiger partial charge in [0.1, 0.15) is 0 Å². The Bertz CT molecular complexity index is 913. The van der Waals surface area contributed by atoms with E-state index in [0.717, 1.165) is 28.6 Å². The van der Waals surface area contributed by atoms with E-state index in [4.69, 9.17) is 11.6 Å². The van der Waals surface area contributed by atoms with Gasteiger partial charge in [-0.2, -0.15) is 4.99 Å². The van der Waals surface area contributed by atoms with E-state index < -0.39 is 0 Å². The molecule has 128 valence electrons. The maximum atomic E-state index is 6.19. The quantitative estimate of drug-likeness (QED) is 0.553. The largest absolute Gasteiger partial charge is 0.359 e. The topological polar surface area (TPSA) is 62.2 Å². The smallest absolute Gasteiger partial charge is 0.253 e. The first-order chi connectivity index (χ1) is 12.1. The van der Waals surface area contributed by atoms with Gasteiger partial charge in [-0.25, -0.2) is 9.97 Å². The Balaban J connectivity index is 2.22. The van der Waals surface area contributed by atoms with Crippen molar-refractivity contribution in [3.8, 4) is 11.3 Å². The number of rotatable bonds is 3. The van der Waals surface area contributed by atoms with Gasteiger partial charge in [0.25, 0.3) is 5.95 Å². The van der Waals surface area contributed by atoms with Gasteiger partial charge in [-0.15, -0.1) is 0 Å². The number of hydrogen-bond acceptors (Lipinski definition) is 3. The first kappa shape index (κ1) is 17.2. The fourth-order valence-electron chi connectivity index (χ4n) is 2.59. The van der Waals surface area contributed by atoms with Gasteiger partial charge in [0.2, 0.25) is 0 Å². The van der Waals surface area contributed by atoms with Crippen molar-refractivity contribution >= 4 is 34.4 Å². The fraction of sp³-hybridized carbons (Fsp3) is 0.211. The highest BCUT2D eigenvalue weighted by molar-refractivity contribution is 6.31. The molecule has 0 saturated heterocycles. The summed E-state index contributed by atoms with van der Waals surface area (Å²) < 4.78 is 0. The Morgan fingerprint density at radius 1 is 1.04 bits per heavy atom. The van der Waals surface area contributed by atoms with Crippen LogP contribution in [0.15, 0.2) is 47.5 Å². The lowest BCUT2D eigenvalue weighted by atomic mass is 10.0. The van der Waals surface area contributed by atoms with E-state index in [0.29, 0.717) is 16.9 Å². The van der Waals surface area contributed by atoms with Crippen molar-refractivity contribution in [2.75, 3.05) is 14.1 Å². The van der Waals surface area contributed by atoms with Crippen molar-refractivity contribution in [3.63, 3.8) is 0 Å². The fourth-order valence-corrected chi connectivity index (χ4v) is 2.77. The molecule has 2 aromatic carbocycles. The Morgan fingerprint density at radius 2 is 1.76 bits per heavy atom. The Morgan fingerprint density at radius 3 is 2.40 bits per heavy atom. The molecule has 0 unspecified atom stereocenters. The summed E-state index contributed by atoms with van der Waals surface area (Å²) in [5.41, 5.74) is 3.92. The number of aromatic nitrogens is 2. The summed E-state index contributed by atoms with van der Waals surface area (Å²) in [6.45, 7) is 2.14. The van der Waals surface area contributed by atoms with Gasteiger partial charge in [0.15, 0.2) is 5.96 Å². The van der Waals surface area contributed by atoms with Crippen LogP contribution >= 0.6 is 11.6 Å². The zero-order chi connectivity index (χ0) is 17.8. The average molecular weight is 354 g/mol. The lowest BCUT2D eigenvalue weighted by Crippen LogP contribution is -2.31. The highest BCUT2D eigenvalue weighted by Gasteiger charge is 2.11. The molecule has 5 nitrogen and oxygen atoms in total. The van der Waals surface area contributed by atoms with Crippen LogP contribution in [0.5, 0.6) is 0 Å². The Kier molecular flexibility index (Phi) is 5.14. The number of nitrogens with zero attached hydrogens (tertiary/aromatic N) is 3. The molecule has 0 aliphatic carbocycles. The van der Waals surface area contributed by atoms with Crippen molar-refractivity contribution in [2.24, 2.45) is 4.99 Å². The molecule has 0 spiro atoms. The maximum Gasteiger partial charge on any atom is 0.253 e. The maximum absolute atomic E-state index is 6.19. The number of aryl methyl sites for hydroxylation is 1. The van der Waals surface area contributed by atoms with Crippen LogP contribution in [0.4, 0.5) is 5.95 Å². The van der Waals surface area contributed by atoms with Crippen LogP contribution in [0.2, 0.25) is 5.02 Å². The number of guanidine groups is 1. The van der Waals surface area contributed by atoms with Crippen LogP contribution in [-0.2, 0) is 6.42 Å². The third-order valence-electron chi connectivity index (χ3n) is 3.97. The Labute approximate surface area is 152 Å². The van der Waals surface area contributed by atoms with Crippen molar-refractivity contribution in [2.45, 2.75) is 13.3 Å². The monoisotopic (exact) mass is 353 g/mol. The highest BCUT2D eigenvalue weighted by Crippen LogP contribution is 2.30. The molecule has 1 aromatic heterocycles. The molecule has 0 amide bonds. The predicted molar refractivity (Wildman–Crippen MR) is 105 cm³/mol. The summed E-state index contributed by atoms with van der Waals surface area (Å²) in [5, 5.41) is 7.50. The summed E-state index contributed by atoms with van der Waals surface area (Å²) >= 11 is 6.19. The van der Waals surface area contributed by atoms with E-state index in [-0.39, 0.29) is 0 Å². The van der Waals surface area contributed by atoms with E-state index in [1.54, 1.807) is 14.1 Å². The van der Waals surface area contributed by atoms with Gasteiger partial charge in [-0.3, -0.25) is 0 Å². The number of halogens is 1. The third kappa shape index (κ3) is 3.72. The van der Waals surface area contributed by atoms with E-state index in [1.165, 1.54) is 5.56 Å². The molecule has 3 rings (SSSR count). The molecule has 0 aliphatic heterocycles. The number of benzene rings is 2. The number of fused-ring (bicyclic) bond motifs is 1. The normalized spacial score (nSPS) is 10.6. The van der Waals surface area contributed by atoms with Gasteiger partial charge in [-0.1, -0.05) is 42.8 Å². The molecular formula is C19H20ClN5. The van der Waals surface area contributed by atoms with Crippen molar-refractivity contribution in [1.82, 2.24) is 20.6 Å². The minimum absolute atomic E-state index is 0.392. The second kappa shape index (κ2) is 7.49. The van der Waals surface area contributed by atoms with Crippen LogP contribution in [0.3, 0.4) is 0 Å². The Hall–Kier alpha value is -2.66. The van der Waals surface area contributed by atoms with Crippen LogP contribution < -0.4 is 10.6 Å². The van der Waals surface area contributed by atoms with Gasteiger partial charge in [0.05, 0.1) is 11.2 Å². The van der Waals surface area contributed by atoms with E-state index in [9.17, 15) is 0 Å². The van der Waals surface area contributed by atoms with E-state index in [2.05, 4.69) is 56.8 Å². The number of hydrogen-bond donors (Lipinski definition) is 2. The van der Waals surface area contributed by atoms with E-state index >= 15 is 0 Å². The molecule has 1 heterocycles. The van der Waals surface area contributed by atoms with Gasteiger partial charge < -0.3 is 10.6 Å². The van der Waals surface area contributed by atoms with Crippen molar-refractivity contribution < 1.29 is 0 Å². The number of aliphatic imine (C=N–C) groups is 1. The summed E-state index contributed by atoms with van der Waals surface area (Å²) in [6, 6.07) is 14.0. The van der Waals surface area contributed by atoms with Gasteiger partial charge >= 0.3 is 0 Å². The van der Waals surface area contributed by atoms with Crippen molar-refractivity contribution in [1.29, 1.82) is 0 Å². The molecule has 3 aromatic rings. The van der Waals surface area contributed by atoms with Crippen LogP contribution in [0.25, 0.3) is 22.2 Å². The minimum Gasteiger partial charge on any atom is -0.359 e. The molecule has 0 aliphatic rings. The second-order valence-corrected chi connectivity index (χ2v) is 5.98. The third-order valence-corrected chi connectivity index (χ3v) is 4.20. The first-order valence-corrected chi connectivity index (χ1v) is 8.53. The van der Waals surface area contributed by atoms with Crippen LogP contribution in [0.1, 0.15) is 12.5 Å². The zero-order valence-corrected chi connectivity index (χ0v) is 15.2. The molecule has 0 fully saturated rings.